The van der Waals surface area contributed by atoms with Gasteiger partial charge in [-0.1, -0.05) is 49.3 Å². The molecule has 2 rings (SSSR count). The summed E-state index contributed by atoms with van der Waals surface area (Å²) in [5.41, 5.74) is 1.18. The van der Waals surface area contributed by atoms with E-state index in [0.29, 0.717) is 16.0 Å². The molecule has 0 N–H and O–H groups in total. The molecule has 1 unspecified atom stereocenters. The summed E-state index contributed by atoms with van der Waals surface area (Å²) in [5, 5.41) is 0.447. The summed E-state index contributed by atoms with van der Waals surface area (Å²) in [6, 6.07) is 6.56. The average molecular weight is 473 g/mol. The highest BCUT2D eigenvalue weighted by Crippen LogP contribution is 2.43. The van der Waals surface area contributed by atoms with Crippen LogP contribution in [0, 0.1) is 6.92 Å². The van der Waals surface area contributed by atoms with Crippen molar-refractivity contribution in [1.29, 1.82) is 0 Å². The number of ether oxygens (including phenoxy) is 1. The van der Waals surface area contributed by atoms with Gasteiger partial charge in [-0.15, -0.1) is 0 Å². The van der Waals surface area contributed by atoms with Gasteiger partial charge in [0.2, 0.25) is 0 Å². The van der Waals surface area contributed by atoms with E-state index in [-0.39, 0.29) is 10.7 Å². The molecule has 1 heterocycles. The number of rotatable bonds is 6. The van der Waals surface area contributed by atoms with Crippen molar-refractivity contribution < 1.29 is 22.7 Å². The number of carbonyl (C=O) groups is 1. The minimum atomic E-state index is -2.79. The first-order chi connectivity index (χ1) is 13.4. The predicted octanol–water partition coefficient (Wildman–Crippen LogP) is 5.87. The molecule has 160 valence electrons. The van der Waals surface area contributed by atoms with Gasteiger partial charge in [0.1, 0.15) is 0 Å². The van der Waals surface area contributed by atoms with E-state index in [4.69, 9.17) is 9.16 Å². The van der Waals surface area contributed by atoms with Crippen molar-refractivity contribution in [3.63, 3.8) is 0 Å². The lowest BCUT2D eigenvalue weighted by molar-refractivity contribution is 0.194. The number of nitrogens with zero attached hydrogens (tertiary/aromatic N) is 1. The smallest absolute Gasteiger partial charge is 0.431 e. The van der Waals surface area contributed by atoms with E-state index in [1.54, 1.807) is 30.3 Å². The summed E-state index contributed by atoms with van der Waals surface area (Å²) in [6.07, 6.45) is 2.52. The summed E-state index contributed by atoms with van der Waals surface area (Å²) in [7, 11) is 0.852. The maximum Gasteiger partial charge on any atom is 0.431 e. The molecule has 0 bridgehead atoms. The van der Waals surface area contributed by atoms with Gasteiger partial charge in [-0.3, -0.25) is 4.21 Å². The fourth-order valence-corrected chi connectivity index (χ4v) is 5.27. The molecule has 0 saturated heterocycles. The number of hydrogen-bond acceptors (Lipinski definition) is 7. The third-order valence-corrected chi connectivity index (χ3v) is 12.2. The largest absolute Gasteiger partial charge is 0.755 e. The van der Waals surface area contributed by atoms with Crippen LogP contribution < -0.4 is 4.31 Å². The molecule has 29 heavy (non-hydrogen) atoms. The zero-order chi connectivity index (χ0) is 21.8. The predicted molar refractivity (Wildman–Crippen MR) is 124 cm³/mol. The van der Waals surface area contributed by atoms with Crippen molar-refractivity contribution in [3.8, 4) is 0 Å². The van der Waals surface area contributed by atoms with Crippen molar-refractivity contribution in [2.75, 3.05) is 10.9 Å². The van der Waals surface area contributed by atoms with Crippen molar-refractivity contribution in [3.05, 3.63) is 52.0 Å². The maximum atomic E-state index is 12.4. The maximum absolute atomic E-state index is 12.4. The van der Waals surface area contributed by atoms with E-state index in [0.717, 1.165) is 10.5 Å². The monoisotopic (exact) mass is 472 g/mol. The summed E-state index contributed by atoms with van der Waals surface area (Å²) >= 11 is -2.79. The van der Waals surface area contributed by atoms with Crippen molar-refractivity contribution in [2.24, 2.45) is 0 Å². The van der Waals surface area contributed by atoms with Crippen LogP contribution in [0.1, 0.15) is 26.3 Å². The Morgan fingerprint density at radius 3 is 2.28 bits per heavy atom. The first-order valence-corrected chi connectivity index (χ1v) is 15.1. The second kappa shape index (κ2) is 9.84. The van der Waals surface area contributed by atoms with Crippen molar-refractivity contribution in [1.82, 2.24) is 0 Å². The zero-order valence-electron chi connectivity index (χ0n) is 17.4. The van der Waals surface area contributed by atoms with E-state index < -0.39 is 25.7 Å². The summed E-state index contributed by atoms with van der Waals surface area (Å²) in [5.74, 6) is 0. The van der Waals surface area contributed by atoms with Crippen LogP contribution in [0.15, 0.2) is 46.4 Å². The average Bonchev–Trinajstić information content (AvgIpc) is 2.62. The fourth-order valence-electron chi connectivity index (χ4n) is 1.96. The normalized spacial score (nSPS) is 16.0. The number of allylic oxidation sites excluding steroid dienone is 2. The molecule has 1 aromatic rings. The minimum Gasteiger partial charge on any atom is -0.755 e. The topological polar surface area (TPSA) is 78.9 Å². The Morgan fingerprint density at radius 2 is 1.79 bits per heavy atom. The number of anilines is 1. The Morgan fingerprint density at radius 1 is 1.17 bits per heavy atom. The molecular formula is C19H26NO5S3Si-. The molecule has 10 heteroatoms. The van der Waals surface area contributed by atoms with Crippen LogP contribution in [0.5, 0.6) is 0 Å². The Bertz CT molecular complexity index is 831. The lowest BCUT2D eigenvalue weighted by atomic mass is 10.2. The van der Waals surface area contributed by atoms with Gasteiger partial charge >= 0.3 is 6.09 Å². The highest BCUT2D eigenvalue weighted by Gasteiger charge is 2.37. The van der Waals surface area contributed by atoms with E-state index in [1.165, 1.54) is 21.6 Å². The molecule has 1 aromatic carbocycles. The third kappa shape index (κ3) is 6.73. The molecule has 1 aliphatic rings. The summed E-state index contributed by atoms with van der Waals surface area (Å²) in [6.45, 7) is 13.3. The minimum absolute atomic E-state index is 0.129. The molecular weight excluding hydrogens is 446 g/mol. The van der Waals surface area contributed by atoms with Crippen LogP contribution in [0.25, 0.3) is 0 Å². The standard InChI is InChI=1S/C19H27NO5S3Si/c1-14-7-9-15(10-8-14)20(28(22)23)18(21)25-17-12-11-16(26-27-17)13-24-29(5,6)19(2,3)4/h7-12H,13H2,1-6H3,(H,22,23)/p-1. The van der Waals surface area contributed by atoms with Gasteiger partial charge in [0.15, 0.2) is 13.4 Å². The molecule has 1 aliphatic heterocycles. The Hall–Kier alpha value is -1.04. The summed E-state index contributed by atoms with van der Waals surface area (Å²) in [4.78, 5) is 13.4. The SMILES string of the molecule is Cc1ccc(N(C(=O)OC2=CC=C(CO[Si](C)(C)C(C)(C)C)SS2)S(=O)[O-])cc1. The van der Waals surface area contributed by atoms with E-state index in [9.17, 15) is 13.6 Å². The molecule has 0 aliphatic carbocycles. The number of amides is 1. The van der Waals surface area contributed by atoms with E-state index in [1.807, 2.05) is 13.0 Å². The highest BCUT2D eigenvalue weighted by atomic mass is 33.1. The van der Waals surface area contributed by atoms with Gasteiger partial charge in [0.05, 0.1) is 23.6 Å². The molecule has 1 amide bonds. The third-order valence-electron chi connectivity index (χ3n) is 4.79. The van der Waals surface area contributed by atoms with Gasteiger partial charge in [-0.25, -0.2) is 9.10 Å². The first kappa shape index (κ1) is 24.2. The Labute approximate surface area is 184 Å². The van der Waals surface area contributed by atoms with Crippen LogP contribution in [0.2, 0.25) is 18.1 Å². The van der Waals surface area contributed by atoms with Crippen molar-refractivity contribution >= 4 is 53.0 Å². The highest BCUT2D eigenvalue weighted by molar-refractivity contribution is 8.79. The molecule has 0 spiro atoms. The van der Waals surface area contributed by atoms with Gasteiger partial charge in [-0.05, 0) is 60.1 Å². The second-order valence-corrected chi connectivity index (χ2v) is 15.9. The lowest BCUT2D eigenvalue weighted by Gasteiger charge is -2.36. The Kier molecular flexibility index (Phi) is 8.22. The van der Waals surface area contributed by atoms with Crippen LogP contribution in [-0.2, 0) is 20.4 Å². The fraction of sp³-hybridized carbons (Fsp3) is 0.421. The quantitative estimate of drug-likeness (QED) is 0.291. The van der Waals surface area contributed by atoms with Crippen LogP contribution in [-0.4, -0.2) is 29.8 Å². The first-order valence-electron chi connectivity index (χ1n) is 8.98. The van der Waals surface area contributed by atoms with Gasteiger partial charge in [0.25, 0.3) is 0 Å². The number of hydrogen-bond donors (Lipinski definition) is 0. The molecule has 0 aromatic heterocycles. The zero-order valence-corrected chi connectivity index (χ0v) is 20.8. The van der Waals surface area contributed by atoms with Crippen LogP contribution in [0.3, 0.4) is 0 Å². The van der Waals surface area contributed by atoms with Crippen LogP contribution >= 0.6 is 21.6 Å². The molecule has 0 saturated carbocycles. The molecule has 1 atom stereocenters. The molecule has 0 fully saturated rings. The number of aryl methyl sites for hydroxylation is 1. The van der Waals surface area contributed by atoms with Crippen molar-refractivity contribution in [2.45, 2.75) is 45.8 Å². The number of carbonyl (C=O) groups excluding carboxylic acids is 1. The van der Waals surface area contributed by atoms with Crippen LogP contribution in [0.4, 0.5) is 10.5 Å². The van der Waals surface area contributed by atoms with Gasteiger partial charge in [0, 0.05) is 4.91 Å². The lowest BCUT2D eigenvalue weighted by Crippen LogP contribution is -2.41. The van der Waals surface area contributed by atoms with Gasteiger partial charge < -0.3 is 13.7 Å². The number of benzene rings is 1. The summed E-state index contributed by atoms with van der Waals surface area (Å²) < 4.78 is 35.2. The molecule has 6 nitrogen and oxygen atoms in total. The van der Waals surface area contributed by atoms with Gasteiger partial charge in [-0.2, -0.15) is 0 Å². The van der Waals surface area contributed by atoms with E-state index in [2.05, 4.69) is 33.9 Å². The van der Waals surface area contributed by atoms with E-state index >= 15 is 0 Å². The second-order valence-electron chi connectivity index (χ2n) is 8.05. The molecule has 0 radical (unpaired) electrons. The Balaban J connectivity index is 2.02.